The quantitative estimate of drug-likeness (QED) is 0.732. The highest BCUT2D eigenvalue weighted by Gasteiger charge is 2.11. The zero-order chi connectivity index (χ0) is 13.0. The zero-order valence-electron chi connectivity index (χ0n) is 11.2. The van der Waals surface area contributed by atoms with Crippen LogP contribution >= 0.6 is 0 Å². The van der Waals surface area contributed by atoms with E-state index in [4.69, 9.17) is 10.00 Å². The summed E-state index contributed by atoms with van der Waals surface area (Å²) in [4.78, 5) is 0. The Morgan fingerprint density at radius 3 is 2.53 bits per heavy atom. The summed E-state index contributed by atoms with van der Waals surface area (Å²) in [5.41, 5.74) is 4.15. The molecule has 0 aliphatic heterocycles. The van der Waals surface area contributed by atoms with E-state index in [0.29, 0.717) is 11.5 Å². The summed E-state index contributed by atoms with van der Waals surface area (Å²) >= 11 is 0. The van der Waals surface area contributed by atoms with Gasteiger partial charge in [-0.15, -0.1) is 0 Å². The Labute approximate surface area is 104 Å². The fourth-order valence-electron chi connectivity index (χ4n) is 2.07. The minimum Gasteiger partial charge on any atom is -0.496 e. The third kappa shape index (κ3) is 3.10. The molecule has 0 bridgehead atoms. The van der Waals surface area contributed by atoms with Gasteiger partial charge in [-0.3, -0.25) is 0 Å². The molecule has 0 N–H and O–H groups in total. The summed E-state index contributed by atoms with van der Waals surface area (Å²) in [6.07, 6.45) is 1.87. The topological polar surface area (TPSA) is 33.0 Å². The summed E-state index contributed by atoms with van der Waals surface area (Å²) in [6.45, 7) is 8.19. The molecule has 1 rings (SSSR count). The van der Waals surface area contributed by atoms with E-state index in [-0.39, 0.29) is 0 Å². The number of rotatable bonds is 3. The molecule has 0 aliphatic carbocycles. The lowest BCUT2D eigenvalue weighted by molar-refractivity contribution is 0.407. The van der Waals surface area contributed by atoms with Crippen molar-refractivity contribution >= 4 is 6.08 Å². The van der Waals surface area contributed by atoms with Gasteiger partial charge in [0.1, 0.15) is 5.75 Å². The highest BCUT2D eigenvalue weighted by Crippen LogP contribution is 2.31. The Hall–Kier alpha value is -1.75. The van der Waals surface area contributed by atoms with E-state index in [1.165, 1.54) is 11.1 Å². The summed E-state index contributed by atoms with van der Waals surface area (Å²) in [6, 6.07) is 6.21. The van der Waals surface area contributed by atoms with Gasteiger partial charge >= 0.3 is 0 Å². The van der Waals surface area contributed by atoms with Crippen LogP contribution in [0.5, 0.6) is 5.75 Å². The number of methoxy groups -OCH3 is 1. The maximum atomic E-state index is 8.79. The number of benzene rings is 1. The number of ether oxygens (including phenoxy) is 1. The molecule has 0 amide bonds. The Morgan fingerprint density at radius 2 is 2.06 bits per heavy atom. The van der Waals surface area contributed by atoms with Crippen molar-refractivity contribution in [3.8, 4) is 11.8 Å². The molecule has 0 unspecified atom stereocenters. The molecule has 0 saturated carbocycles. The van der Waals surface area contributed by atoms with Gasteiger partial charge in [0.25, 0.3) is 0 Å². The number of hydrogen-bond donors (Lipinski definition) is 0. The van der Waals surface area contributed by atoms with Crippen molar-refractivity contribution in [1.29, 1.82) is 5.26 Å². The van der Waals surface area contributed by atoms with Crippen molar-refractivity contribution in [2.45, 2.75) is 33.6 Å². The summed E-state index contributed by atoms with van der Waals surface area (Å²) in [5, 5.41) is 8.79. The van der Waals surface area contributed by atoms with Gasteiger partial charge in [0.2, 0.25) is 0 Å². The zero-order valence-corrected chi connectivity index (χ0v) is 11.2. The van der Waals surface area contributed by atoms with Crippen LogP contribution in [0, 0.1) is 18.3 Å². The first-order valence-electron chi connectivity index (χ1n) is 5.76. The second-order valence-corrected chi connectivity index (χ2v) is 4.55. The first-order chi connectivity index (χ1) is 7.99. The van der Waals surface area contributed by atoms with Gasteiger partial charge < -0.3 is 4.74 Å². The largest absolute Gasteiger partial charge is 0.496 e. The monoisotopic (exact) mass is 229 g/mol. The van der Waals surface area contributed by atoms with Gasteiger partial charge in [-0.1, -0.05) is 19.9 Å². The lowest BCUT2D eigenvalue weighted by Crippen LogP contribution is -1.98. The van der Waals surface area contributed by atoms with Gasteiger partial charge in [0, 0.05) is 5.57 Å². The van der Waals surface area contributed by atoms with Gasteiger partial charge in [0.15, 0.2) is 0 Å². The van der Waals surface area contributed by atoms with Crippen molar-refractivity contribution in [2.75, 3.05) is 7.11 Å². The van der Waals surface area contributed by atoms with Crippen LogP contribution < -0.4 is 4.74 Å². The Balaban J connectivity index is 3.33. The second kappa shape index (κ2) is 5.54. The fourth-order valence-corrected chi connectivity index (χ4v) is 2.07. The SMILES string of the molecule is COc1cc(/C=C(\C)C#N)cc(C)c1C(C)C. The normalized spacial score (nSPS) is 11.5. The molecule has 0 aliphatic rings. The van der Waals surface area contributed by atoms with Crippen molar-refractivity contribution in [2.24, 2.45) is 0 Å². The molecule has 0 atom stereocenters. The van der Waals surface area contributed by atoms with Crippen molar-refractivity contribution in [3.63, 3.8) is 0 Å². The molecular formula is C15H19NO. The summed E-state index contributed by atoms with van der Waals surface area (Å²) in [7, 11) is 1.69. The third-order valence-electron chi connectivity index (χ3n) is 2.73. The first-order valence-corrected chi connectivity index (χ1v) is 5.76. The van der Waals surface area contributed by atoms with Gasteiger partial charge in [-0.05, 0) is 48.6 Å². The minimum absolute atomic E-state index is 0.431. The van der Waals surface area contributed by atoms with E-state index < -0.39 is 0 Å². The highest BCUT2D eigenvalue weighted by molar-refractivity contribution is 5.61. The van der Waals surface area contributed by atoms with Crippen molar-refractivity contribution < 1.29 is 4.74 Å². The number of allylic oxidation sites excluding steroid dienone is 1. The molecule has 1 aromatic carbocycles. The number of hydrogen-bond acceptors (Lipinski definition) is 2. The van der Waals surface area contributed by atoms with E-state index >= 15 is 0 Å². The second-order valence-electron chi connectivity index (χ2n) is 4.55. The van der Waals surface area contributed by atoms with Crippen LogP contribution in [0.25, 0.3) is 6.08 Å². The van der Waals surface area contributed by atoms with Crippen LogP contribution in [0.1, 0.15) is 43.4 Å². The van der Waals surface area contributed by atoms with Gasteiger partial charge in [-0.2, -0.15) is 5.26 Å². The summed E-state index contributed by atoms with van der Waals surface area (Å²) < 4.78 is 5.43. The molecule has 2 heteroatoms. The molecule has 0 heterocycles. The van der Waals surface area contributed by atoms with Gasteiger partial charge in [0.05, 0.1) is 13.2 Å². The van der Waals surface area contributed by atoms with E-state index in [1.54, 1.807) is 14.0 Å². The standard InChI is InChI=1S/C15H19NO/c1-10(2)15-12(4)7-13(6-11(3)9-16)8-14(15)17-5/h6-8,10H,1-5H3/b11-6+. The number of nitriles is 1. The molecular weight excluding hydrogens is 210 g/mol. The number of aryl methyl sites for hydroxylation is 1. The van der Waals surface area contributed by atoms with Crippen LogP contribution in [0.3, 0.4) is 0 Å². The Bertz CT molecular complexity index is 478. The van der Waals surface area contributed by atoms with E-state index in [9.17, 15) is 0 Å². The van der Waals surface area contributed by atoms with Crippen LogP contribution in [0.15, 0.2) is 17.7 Å². The average molecular weight is 229 g/mol. The molecule has 0 saturated heterocycles. The third-order valence-corrected chi connectivity index (χ3v) is 2.73. The van der Waals surface area contributed by atoms with E-state index in [0.717, 1.165) is 11.3 Å². The molecule has 17 heavy (non-hydrogen) atoms. The molecule has 0 aromatic heterocycles. The molecule has 0 spiro atoms. The smallest absolute Gasteiger partial charge is 0.123 e. The maximum Gasteiger partial charge on any atom is 0.123 e. The van der Waals surface area contributed by atoms with Crippen molar-refractivity contribution in [3.05, 3.63) is 34.4 Å². The molecule has 0 fully saturated rings. The Kier molecular flexibility index (Phi) is 4.34. The predicted octanol–water partition coefficient (Wildman–Crippen LogP) is 4.05. The molecule has 1 aromatic rings. The lowest BCUT2D eigenvalue weighted by Gasteiger charge is -2.16. The maximum absolute atomic E-state index is 8.79. The molecule has 0 radical (unpaired) electrons. The van der Waals surface area contributed by atoms with Crippen molar-refractivity contribution in [1.82, 2.24) is 0 Å². The predicted molar refractivity (Wildman–Crippen MR) is 71.1 cm³/mol. The van der Waals surface area contributed by atoms with Gasteiger partial charge in [-0.25, -0.2) is 0 Å². The highest BCUT2D eigenvalue weighted by atomic mass is 16.5. The van der Waals surface area contributed by atoms with Crippen LogP contribution in [0.4, 0.5) is 0 Å². The van der Waals surface area contributed by atoms with Crippen LogP contribution in [-0.4, -0.2) is 7.11 Å². The molecule has 90 valence electrons. The van der Waals surface area contributed by atoms with Crippen LogP contribution in [0.2, 0.25) is 0 Å². The van der Waals surface area contributed by atoms with E-state index in [1.807, 2.05) is 12.1 Å². The van der Waals surface area contributed by atoms with Crippen LogP contribution in [-0.2, 0) is 0 Å². The first kappa shape index (κ1) is 13.3. The molecule has 2 nitrogen and oxygen atoms in total. The number of nitrogens with zero attached hydrogens (tertiary/aromatic N) is 1. The average Bonchev–Trinajstić information content (AvgIpc) is 2.27. The lowest BCUT2D eigenvalue weighted by atomic mass is 9.94. The van der Waals surface area contributed by atoms with E-state index in [2.05, 4.69) is 32.9 Å². The Morgan fingerprint density at radius 1 is 1.41 bits per heavy atom. The minimum atomic E-state index is 0.431. The summed E-state index contributed by atoms with van der Waals surface area (Å²) in [5.74, 6) is 1.33. The fraction of sp³-hybridized carbons (Fsp3) is 0.400.